The van der Waals surface area contributed by atoms with Crippen LogP contribution in [0.2, 0.25) is 0 Å². The molecule has 0 spiro atoms. The Balaban J connectivity index is 0.00000288. The lowest BCUT2D eigenvalue weighted by Gasteiger charge is -2.09. The van der Waals surface area contributed by atoms with Crippen LogP contribution >= 0.6 is 23.7 Å². The Kier molecular flexibility index (Phi) is 8.47. The summed E-state index contributed by atoms with van der Waals surface area (Å²) in [6.45, 7) is 0.124. The number of rotatable bonds is 8. The summed E-state index contributed by atoms with van der Waals surface area (Å²) in [6, 6.07) is 7.44. The average molecular weight is 382 g/mol. The highest BCUT2D eigenvalue weighted by Gasteiger charge is 2.25. The molecular formula is C15H19ClF3N3OS. The molecule has 2 aromatic rings. The molecule has 1 heterocycles. The molecule has 134 valence electrons. The minimum absolute atomic E-state index is 0. The zero-order valence-electron chi connectivity index (χ0n) is 12.8. The van der Waals surface area contributed by atoms with Crippen LogP contribution in [0.5, 0.6) is 5.75 Å². The zero-order chi connectivity index (χ0) is 16.7. The Bertz CT molecular complexity index is 605. The van der Waals surface area contributed by atoms with Gasteiger partial charge in [-0.1, -0.05) is 0 Å². The first-order valence-corrected chi connectivity index (χ1v) is 7.95. The molecule has 0 aliphatic rings. The summed E-state index contributed by atoms with van der Waals surface area (Å²) in [5.41, 5.74) is 6.54. The van der Waals surface area contributed by atoms with E-state index < -0.39 is 12.7 Å². The number of nitrogens with zero attached hydrogens (tertiary/aromatic N) is 1. The molecule has 2 rings (SSSR count). The second-order valence-corrected chi connectivity index (χ2v) is 5.97. The van der Waals surface area contributed by atoms with E-state index in [-0.39, 0.29) is 19.0 Å². The molecule has 9 heteroatoms. The number of thiazole rings is 1. The number of ether oxygens (including phenoxy) is 1. The van der Waals surface area contributed by atoms with Crippen LogP contribution in [-0.2, 0) is 6.54 Å². The first-order chi connectivity index (χ1) is 11.0. The van der Waals surface area contributed by atoms with Gasteiger partial charge in [-0.2, -0.15) is 13.2 Å². The van der Waals surface area contributed by atoms with Gasteiger partial charge in [-0.05, 0) is 37.2 Å². The van der Waals surface area contributed by atoms with E-state index in [1.165, 1.54) is 0 Å². The molecule has 0 saturated carbocycles. The largest absolute Gasteiger partial charge is 0.494 e. The molecule has 0 bridgehead atoms. The van der Waals surface area contributed by atoms with Gasteiger partial charge in [0.25, 0.3) is 0 Å². The van der Waals surface area contributed by atoms with E-state index in [1.807, 2.05) is 24.3 Å². The molecule has 1 aromatic carbocycles. The summed E-state index contributed by atoms with van der Waals surface area (Å²) >= 11 is 1.54. The highest BCUT2D eigenvalue weighted by Crippen LogP contribution is 2.26. The number of hydrogen-bond acceptors (Lipinski definition) is 5. The summed E-state index contributed by atoms with van der Waals surface area (Å²) in [5.74, 6) is 0.681. The predicted octanol–water partition coefficient (Wildman–Crippen LogP) is 3.61. The van der Waals surface area contributed by atoms with Gasteiger partial charge in [0, 0.05) is 23.2 Å². The van der Waals surface area contributed by atoms with Crippen LogP contribution in [-0.4, -0.2) is 30.9 Å². The molecule has 4 nitrogen and oxygen atoms in total. The Labute approximate surface area is 148 Å². The molecule has 0 atom stereocenters. The van der Waals surface area contributed by atoms with Gasteiger partial charge >= 0.3 is 6.18 Å². The van der Waals surface area contributed by atoms with Crippen molar-refractivity contribution in [2.24, 2.45) is 5.73 Å². The van der Waals surface area contributed by atoms with Crippen LogP contribution in [0, 0.1) is 0 Å². The van der Waals surface area contributed by atoms with E-state index in [0.717, 1.165) is 15.4 Å². The van der Waals surface area contributed by atoms with Gasteiger partial charge in [0.05, 0.1) is 13.2 Å². The summed E-state index contributed by atoms with van der Waals surface area (Å²) in [7, 11) is 0. The number of hydrogen-bond donors (Lipinski definition) is 2. The van der Waals surface area contributed by atoms with Crippen molar-refractivity contribution >= 4 is 23.7 Å². The molecule has 0 saturated heterocycles. The van der Waals surface area contributed by atoms with Crippen LogP contribution in [0.15, 0.2) is 30.5 Å². The lowest BCUT2D eigenvalue weighted by Crippen LogP contribution is -2.30. The maximum Gasteiger partial charge on any atom is 0.401 e. The predicted molar refractivity (Wildman–Crippen MR) is 91.7 cm³/mol. The van der Waals surface area contributed by atoms with Gasteiger partial charge in [0.2, 0.25) is 0 Å². The van der Waals surface area contributed by atoms with Crippen molar-refractivity contribution in [3.63, 3.8) is 0 Å². The van der Waals surface area contributed by atoms with Crippen LogP contribution < -0.4 is 15.8 Å². The lowest BCUT2D eigenvalue weighted by molar-refractivity contribution is -0.124. The normalized spacial score (nSPS) is 11.2. The van der Waals surface area contributed by atoms with Crippen molar-refractivity contribution in [1.82, 2.24) is 10.3 Å². The van der Waals surface area contributed by atoms with Crippen molar-refractivity contribution in [3.05, 3.63) is 35.3 Å². The third kappa shape index (κ3) is 7.04. The molecule has 0 amide bonds. The van der Waals surface area contributed by atoms with Gasteiger partial charge in [-0.3, -0.25) is 0 Å². The minimum Gasteiger partial charge on any atom is -0.494 e. The van der Waals surface area contributed by atoms with E-state index >= 15 is 0 Å². The smallest absolute Gasteiger partial charge is 0.401 e. The summed E-state index contributed by atoms with van der Waals surface area (Å²) in [5, 5.41) is 3.22. The van der Waals surface area contributed by atoms with E-state index in [4.69, 9.17) is 10.5 Å². The third-order valence-electron chi connectivity index (χ3n) is 2.95. The second-order valence-electron chi connectivity index (χ2n) is 4.85. The maximum absolute atomic E-state index is 11.9. The first kappa shape index (κ1) is 20.7. The second kappa shape index (κ2) is 9.83. The molecule has 0 unspecified atom stereocenters. The molecule has 3 N–H and O–H groups in total. The van der Waals surface area contributed by atoms with Crippen molar-refractivity contribution < 1.29 is 17.9 Å². The first-order valence-electron chi connectivity index (χ1n) is 7.13. The molecule has 1 aromatic heterocycles. The van der Waals surface area contributed by atoms with E-state index in [0.29, 0.717) is 25.3 Å². The van der Waals surface area contributed by atoms with Crippen molar-refractivity contribution in [1.29, 1.82) is 0 Å². The number of halogens is 4. The fraction of sp³-hybridized carbons (Fsp3) is 0.400. The fourth-order valence-corrected chi connectivity index (χ4v) is 2.64. The van der Waals surface area contributed by atoms with Crippen molar-refractivity contribution in [2.75, 3.05) is 19.7 Å². The van der Waals surface area contributed by atoms with Gasteiger partial charge in [-0.25, -0.2) is 4.98 Å². The topological polar surface area (TPSA) is 60.2 Å². The van der Waals surface area contributed by atoms with E-state index in [2.05, 4.69) is 10.3 Å². The molecule has 0 fully saturated rings. The molecule has 0 radical (unpaired) electrons. The summed E-state index contributed by atoms with van der Waals surface area (Å²) in [6.07, 6.45) is -1.90. The van der Waals surface area contributed by atoms with Crippen molar-refractivity contribution in [3.8, 4) is 16.3 Å². The van der Waals surface area contributed by atoms with Crippen LogP contribution in [0.25, 0.3) is 10.6 Å². The monoisotopic (exact) mass is 381 g/mol. The molecule has 0 aliphatic carbocycles. The number of alkyl halides is 3. The minimum atomic E-state index is -4.17. The summed E-state index contributed by atoms with van der Waals surface area (Å²) in [4.78, 5) is 5.32. The molecular weight excluding hydrogens is 363 g/mol. The highest BCUT2D eigenvalue weighted by atomic mass is 35.5. The number of benzene rings is 1. The quantitative estimate of drug-likeness (QED) is 0.686. The zero-order valence-corrected chi connectivity index (χ0v) is 14.4. The number of aromatic nitrogens is 1. The van der Waals surface area contributed by atoms with E-state index in [9.17, 15) is 13.2 Å². The Hall–Kier alpha value is -1.35. The SMILES string of the molecule is Cl.NCc1cnc(-c2ccc(OCCCNCC(F)(F)F)cc2)s1. The Morgan fingerprint density at radius 3 is 2.50 bits per heavy atom. The molecule has 24 heavy (non-hydrogen) atoms. The highest BCUT2D eigenvalue weighted by molar-refractivity contribution is 7.15. The van der Waals surface area contributed by atoms with Crippen molar-refractivity contribution in [2.45, 2.75) is 19.1 Å². The average Bonchev–Trinajstić information content (AvgIpc) is 2.99. The van der Waals surface area contributed by atoms with Gasteiger partial charge in [-0.15, -0.1) is 23.7 Å². The molecule has 0 aliphatic heterocycles. The van der Waals surface area contributed by atoms with E-state index in [1.54, 1.807) is 17.5 Å². The van der Waals surface area contributed by atoms with Crippen LogP contribution in [0.3, 0.4) is 0 Å². The van der Waals surface area contributed by atoms with Crippen LogP contribution in [0.1, 0.15) is 11.3 Å². The Morgan fingerprint density at radius 2 is 1.92 bits per heavy atom. The third-order valence-corrected chi connectivity index (χ3v) is 4.02. The number of nitrogens with two attached hydrogens (primary N) is 1. The number of nitrogens with one attached hydrogen (secondary N) is 1. The lowest BCUT2D eigenvalue weighted by atomic mass is 10.2. The van der Waals surface area contributed by atoms with Crippen LogP contribution in [0.4, 0.5) is 13.2 Å². The fourth-order valence-electron chi connectivity index (χ4n) is 1.85. The standard InChI is InChI=1S/C15H18F3N3OS.ClH/c16-15(17,18)10-20-6-1-7-22-12-4-2-11(3-5-12)14-21-9-13(8-19)23-14;/h2-5,9,20H,1,6-8,10,19H2;1H. The summed E-state index contributed by atoms with van der Waals surface area (Å²) < 4.78 is 41.3. The Morgan fingerprint density at radius 1 is 1.21 bits per heavy atom. The maximum atomic E-state index is 11.9. The van der Waals surface area contributed by atoms with Gasteiger partial charge in [0.1, 0.15) is 10.8 Å². The van der Waals surface area contributed by atoms with Gasteiger partial charge in [0.15, 0.2) is 0 Å². The van der Waals surface area contributed by atoms with Gasteiger partial charge < -0.3 is 15.8 Å².